The van der Waals surface area contributed by atoms with Gasteiger partial charge in [-0.25, -0.2) is 0 Å². The van der Waals surface area contributed by atoms with Crippen LogP contribution in [-0.2, 0) is 4.79 Å². The zero-order valence-corrected chi connectivity index (χ0v) is 9.64. The number of nitrogens with one attached hydrogen (secondary N) is 2. The number of anilines is 1. The van der Waals surface area contributed by atoms with E-state index >= 15 is 0 Å². The standard InChI is InChI=1S/C11H16N2OS/c1-2-10-9(3-5-12-10)11(14)13-8-4-6-15-7-8/h4,6-7,9-10,12H,2-3,5H2,1H3,(H,13,14). The second kappa shape index (κ2) is 4.77. The van der Waals surface area contributed by atoms with E-state index in [2.05, 4.69) is 17.6 Å². The van der Waals surface area contributed by atoms with Crippen LogP contribution in [0, 0.1) is 5.92 Å². The Kier molecular flexibility index (Phi) is 3.38. The van der Waals surface area contributed by atoms with E-state index < -0.39 is 0 Å². The van der Waals surface area contributed by atoms with Crippen LogP contribution in [-0.4, -0.2) is 18.5 Å². The molecule has 4 heteroatoms. The molecule has 82 valence electrons. The second-order valence-corrected chi connectivity index (χ2v) is 4.65. The van der Waals surface area contributed by atoms with E-state index in [9.17, 15) is 4.79 Å². The Balaban J connectivity index is 1.96. The molecule has 2 rings (SSSR count). The topological polar surface area (TPSA) is 41.1 Å². The molecule has 1 amide bonds. The number of rotatable bonds is 3. The SMILES string of the molecule is CCC1NCCC1C(=O)Nc1ccsc1. The molecule has 3 nitrogen and oxygen atoms in total. The van der Waals surface area contributed by atoms with Gasteiger partial charge in [0.1, 0.15) is 0 Å². The Hall–Kier alpha value is -0.870. The minimum atomic E-state index is 0.134. The van der Waals surface area contributed by atoms with Crippen molar-refractivity contribution in [2.75, 3.05) is 11.9 Å². The monoisotopic (exact) mass is 224 g/mol. The largest absolute Gasteiger partial charge is 0.325 e. The summed E-state index contributed by atoms with van der Waals surface area (Å²) in [6.07, 6.45) is 1.97. The molecule has 0 saturated carbocycles. The maximum absolute atomic E-state index is 11.9. The quantitative estimate of drug-likeness (QED) is 0.825. The van der Waals surface area contributed by atoms with Gasteiger partial charge in [0.05, 0.1) is 11.6 Å². The predicted molar refractivity (Wildman–Crippen MR) is 63.1 cm³/mol. The van der Waals surface area contributed by atoms with E-state index in [0.717, 1.165) is 25.1 Å². The zero-order valence-electron chi connectivity index (χ0n) is 8.82. The van der Waals surface area contributed by atoms with E-state index in [0.29, 0.717) is 6.04 Å². The molecule has 1 aliphatic rings. The molecule has 0 spiro atoms. The van der Waals surface area contributed by atoms with Crippen molar-refractivity contribution in [3.8, 4) is 0 Å². The van der Waals surface area contributed by atoms with E-state index in [4.69, 9.17) is 0 Å². The van der Waals surface area contributed by atoms with Crippen LogP contribution in [0.1, 0.15) is 19.8 Å². The van der Waals surface area contributed by atoms with Gasteiger partial charge in [0.2, 0.25) is 5.91 Å². The van der Waals surface area contributed by atoms with E-state index in [-0.39, 0.29) is 11.8 Å². The minimum Gasteiger partial charge on any atom is -0.325 e. The summed E-state index contributed by atoms with van der Waals surface area (Å²) in [4.78, 5) is 11.9. The van der Waals surface area contributed by atoms with Crippen molar-refractivity contribution in [1.82, 2.24) is 5.32 Å². The van der Waals surface area contributed by atoms with Crippen LogP contribution in [0.15, 0.2) is 16.8 Å². The summed E-state index contributed by atoms with van der Waals surface area (Å²) >= 11 is 1.60. The summed E-state index contributed by atoms with van der Waals surface area (Å²) in [6.45, 7) is 3.08. The molecule has 1 saturated heterocycles. The first-order valence-corrected chi connectivity index (χ1v) is 6.32. The lowest BCUT2D eigenvalue weighted by Crippen LogP contribution is -2.33. The number of hydrogen-bond donors (Lipinski definition) is 2. The first-order valence-electron chi connectivity index (χ1n) is 5.37. The molecule has 2 heterocycles. The summed E-state index contributed by atoms with van der Waals surface area (Å²) < 4.78 is 0. The van der Waals surface area contributed by atoms with E-state index in [1.165, 1.54) is 0 Å². The van der Waals surface area contributed by atoms with Crippen LogP contribution in [0.4, 0.5) is 5.69 Å². The predicted octanol–water partition coefficient (Wildman–Crippen LogP) is 2.07. The summed E-state index contributed by atoms with van der Waals surface area (Å²) in [7, 11) is 0. The maximum Gasteiger partial charge on any atom is 0.229 e. The molecule has 2 unspecified atom stereocenters. The molecule has 1 aliphatic heterocycles. The van der Waals surface area contributed by atoms with E-state index in [1.54, 1.807) is 11.3 Å². The summed E-state index contributed by atoms with van der Waals surface area (Å²) in [5.74, 6) is 0.292. The van der Waals surface area contributed by atoms with Crippen LogP contribution in [0.2, 0.25) is 0 Å². The fourth-order valence-electron chi connectivity index (χ4n) is 2.08. The van der Waals surface area contributed by atoms with Gasteiger partial charge < -0.3 is 10.6 Å². The Morgan fingerprint density at radius 2 is 2.60 bits per heavy atom. The third-order valence-electron chi connectivity index (χ3n) is 2.91. The van der Waals surface area contributed by atoms with Gasteiger partial charge in [0.15, 0.2) is 0 Å². The van der Waals surface area contributed by atoms with Crippen LogP contribution >= 0.6 is 11.3 Å². The molecule has 1 aromatic heterocycles. The molecular weight excluding hydrogens is 208 g/mol. The maximum atomic E-state index is 11.9. The first kappa shape index (κ1) is 10.6. The zero-order chi connectivity index (χ0) is 10.7. The molecule has 2 N–H and O–H groups in total. The average molecular weight is 224 g/mol. The molecular formula is C11H16N2OS. The van der Waals surface area contributed by atoms with Gasteiger partial charge in [-0.3, -0.25) is 4.79 Å². The van der Waals surface area contributed by atoms with Crippen molar-refractivity contribution >= 4 is 22.9 Å². The van der Waals surface area contributed by atoms with Crippen molar-refractivity contribution in [2.45, 2.75) is 25.8 Å². The van der Waals surface area contributed by atoms with Gasteiger partial charge in [0.25, 0.3) is 0 Å². The van der Waals surface area contributed by atoms with Crippen molar-refractivity contribution in [1.29, 1.82) is 0 Å². The highest BCUT2D eigenvalue weighted by Gasteiger charge is 2.31. The van der Waals surface area contributed by atoms with Crippen molar-refractivity contribution in [3.63, 3.8) is 0 Å². The lowest BCUT2D eigenvalue weighted by molar-refractivity contribution is -0.120. The molecule has 1 fully saturated rings. The van der Waals surface area contributed by atoms with E-state index in [1.807, 2.05) is 16.8 Å². The Labute approximate surface area is 93.9 Å². The second-order valence-electron chi connectivity index (χ2n) is 3.87. The van der Waals surface area contributed by atoms with Crippen LogP contribution in [0.3, 0.4) is 0 Å². The Bertz CT molecular complexity index is 323. The smallest absolute Gasteiger partial charge is 0.229 e. The highest BCUT2D eigenvalue weighted by molar-refractivity contribution is 7.08. The molecule has 0 aromatic carbocycles. The van der Waals surface area contributed by atoms with Gasteiger partial charge in [-0.2, -0.15) is 11.3 Å². The highest BCUT2D eigenvalue weighted by atomic mass is 32.1. The van der Waals surface area contributed by atoms with Crippen LogP contribution in [0.25, 0.3) is 0 Å². The van der Waals surface area contributed by atoms with Crippen molar-refractivity contribution < 1.29 is 4.79 Å². The minimum absolute atomic E-state index is 0.134. The fraction of sp³-hybridized carbons (Fsp3) is 0.545. The molecule has 0 bridgehead atoms. The van der Waals surface area contributed by atoms with Gasteiger partial charge in [-0.15, -0.1) is 0 Å². The summed E-state index contributed by atoms with van der Waals surface area (Å²) in [5, 5.41) is 10.2. The van der Waals surface area contributed by atoms with Crippen molar-refractivity contribution in [3.05, 3.63) is 16.8 Å². The summed E-state index contributed by atoms with van der Waals surface area (Å²) in [6, 6.07) is 2.29. The normalized spacial score (nSPS) is 25.4. The van der Waals surface area contributed by atoms with Gasteiger partial charge in [-0.1, -0.05) is 6.92 Å². The first-order chi connectivity index (χ1) is 7.31. The lowest BCUT2D eigenvalue weighted by atomic mass is 9.98. The molecule has 0 radical (unpaired) electrons. The van der Waals surface area contributed by atoms with Crippen LogP contribution < -0.4 is 10.6 Å². The highest BCUT2D eigenvalue weighted by Crippen LogP contribution is 2.21. The molecule has 0 aliphatic carbocycles. The van der Waals surface area contributed by atoms with Crippen molar-refractivity contribution in [2.24, 2.45) is 5.92 Å². The van der Waals surface area contributed by atoms with Gasteiger partial charge >= 0.3 is 0 Å². The number of carbonyl (C=O) groups is 1. The Morgan fingerprint density at radius 1 is 1.73 bits per heavy atom. The number of carbonyl (C=O) groups excluding carboxylic acids is 1. The van der Waals surface area contributed by atoms with Gasteiger partial charge in [-0.05, 0) is 30.8 Å². The number of hydrogen-bond acceptors (Lipinski definition) is 3. The van der Waals surface area contributed by atoms with Gasteiger partial charge in [0, 0.05) is 11.4 Å². The summed E-state index contributed by atoms with van der Waals surface area (Å²) in [5.41, 5.74) is 0.923. The number of thiophene rings is 1. The Morgan fingerprint density at radius 3 is 3.27 bits per heavy atom. The fourth-order valence-corrected chi connectivity index (χ4v) is 2.67. The third-order valence-corrected chi connectivity index (χ3v) is 3.60. The lowest BCUT2D eigenvalue weighted by Gasteiger charge is -2.16. The van der Waals surface area contributed by atoms with Crippen LogP contribution in [0.5, 0.6) is 0 Å². The molecule has 2 atom stereocenters. The number of amides is 1. The molecule has 1 aromatic rings. The third kappa shape index (κ3) is 2.38. The average Bonchev–Trinajstić information content (AvgIpc) is 2.86. The molecule has 15 heavy (non-hydrogen) atoms.